The first kappa shape index (κ1) is 19.1. The van der Waals surface area contributed by atoms with E-state index in [0.717, 1.165) is 11.1 Å². The summed E-state index contributed by atoms with van der Waals surface area (Å²) >= 11 is 0. The van der Waals surface area contributed by atoms with Gasteiger partial charge in [0.25, 0.3) is 0 Å². The molecule has 4 rings (SSSR count). The zero-order valence-corrected chi connectivity index (χ0v) is 15.6. The summed E-state index contributed by atoms with van der Waals surface area (Å²) in [6.45, 7) is 0.617. The maximum Gasteiger partial charge on any atom is 0.174 e. The van der Waals surface area contributed by atoms with Crippen LogP contribution in [0.5, 0.6) is 5.75 Å². The van der Waals surface area contributed by atoms with Crippen LogP contribution in [0.2, 0.25) is 0 Å². The van der Waals surface area contributed by atoms with Crippen molar-refractivity contribution in [1.29, 1.82) is 0 Å². The fourth-order valence-corrected chi connectivity index (χ4v) is 3.40. The summed E-state index contributed by atoms with van der Waals surface area (Å²) in [5, 5.41) is 15.5. The molecule has 0 N–H and O–H groups in total. The summed E-state index contributed by atoms with van der Waals surface area (Å²) < 4.78 is 29.4. The summed E-state index contributed by atoms with van der Waals surface area (Å²) in [7, 11) is 0. The minimum Gasteiger partial charge on any atom is -0.547 e. The van der Waals surface area contributed by atoms with Crippen molar-refractivity contribution in [3.8, 4) is 17.0 Å². The maximum atomic E-state index is 13.0. The molecule has 1 saturated heterocycles. The van der Waals surface area contributed by atoms with Gasteiger partial charge in [0.05, 0.1) is 5.97 Å². The molecular weight excluding hydrogens is 377 g/mol. The molecule has 1 atom stereocenters. The predicted octanol–water partition coefficient (Wildman–Crippen LogP) is 2.90. The second-order valence-electron chi connectivity index (χ2n) is 7.03. The van der Waals surface area contributed by atoms with Gasteiger partial charge in [-0.05, 0) is 54.8 Å². The number of hydrogen-bond acceptors (Lipinski definition) is 6. The van der Waals surface area contributed by atoms with Gasteiger partial charge in [-0.25, -0.2) is 4.39 Å². The van der Waals surface area contributed by atoms with Gasteiger partial charge in [0, 0.05) is 24.7 Å². The van der Waals surface area contributed by atoms with E-state index in [-0.39, 0.29) is 18.8 Å². The zero-order chi connectivity index (χ0) is 20.3. The molecule has 1 aliphatic rings. The number of benzene rings is 2. The van der Waals surface area contributed by atoms with E-state index in [4.69, 9.17) is 14.0 Å². The Morgan fingerprint density at radius 1 is 1.17 bits per heavy atom. The number of aliphatic carboxylic acids is 1. The Morgan fingerprint density at radius 3 is 2.59 bits per heavy atom. The molecule has 0 amide bonds. The average Bonchev–Trinajstić information content (AvgIpc) is 3.39. The molecule has 1 aliphatic heterocycles. The minimum absolute atomic E-state index is 0.180. The number of carbonyl (C=O) groups excluding carboxylic acids is 1. The highest BCUT2D eigenvalue weighted by molar-refractivity contribution is 5.76. The maximum absolute atomic E-state index is 13.0. The van der Waals surface area contributed by atoms with Crippen molar-refractivity contribution in [3.63, 3.8) is 0 Å². The van der Waals surface area contributed by atoms with Crippen LogP contribution < -0.4 is 9.84 Å². The number of rotatable bonds is 7. The molecule has 0 unspecified atom stereocenters. The van der Waals surface area contributed by atoms with Crippen molar-refractivity contribution in [2.24, 2.45) is 0 Å². The molecule has 0 spiro atoms. The molecule has 6 nitrogen and oxygen atoms in total. The van der Waals surface area contributed by atoms with E-state index >= 15 is 0 Å². The van der Waals surface area contributed by atoms with Gasteiger partial charge in [-0.15, -0.1) is 0 Å². The molecule has 29 heavy (non-hydrogen) atoms. The van der Waals surface area contributed by atoms with E-state index in [9.17, 15) is 14.3 Å². The summed E-state index contributed by atoms with van der Waals surface area (Å²) in [6, 6.07) is 14.9. The van der Waals surface area contributed by atoms with Gasteiger partial charge in [0.15, 0.2) is 5.76 Å². The largest absolute Gasteiger partial charge is 0.547 e. The van der Waals surface area contributed by atoms with Gasteiger partial charge >= 0.3 is 0 Å². The predicted molar refractivity (Wildman–Crippen MR) is 99.3 cm³/mol. The lowest BCUT2D eigenvalue weighted by Gasteiger charge is -2.29. The van der Waals surface area contributed by atoms with Gasteiger partial charge in [-0.1, -0.05) is 17.3 Å². The topological polar surface area (TPSA) is 84.6 Å². The summed E-state index contributed by atoms with van der Waals surface area (Å²) in [5.74, 6) is -0.334. The second-order valence-corrected chi connectivity index (χ2v) is 7.03. The van der Waals surface area contributed by atoms with Gasteiger partial charge in [-0.2, -0.15) is 0 Å². The van der Waals surface area contributed by atoms with Crippen molar-refractivity contribution < 1.29 is 28.3 Å². The number of carboxylic acid groups (broad SMARTS) is 1. The highest BCUT2D eigenvalue weighted by atomic mass is 19.1. The van der Waals surface area contributed by atoms with Gasteiger partial charge < -0.3 is 23.9 Å². The first-order valence-corrected chi connectivity index (χ1v) is 9.33. The molecule has 0 saturated carbocycles. The smallest absolute Gasteiger partial charge is 0.174 e. The van der Waals surface area contributed by atoms with E-state index in [1.807, 2.05) is 12.1 Å². The number of nitrogens with zero attached hydrogens (tertiary/aromatic N) is 1. The highest BCUT2D eigenvalue weighted by Gasteiger charge is 2.36. The Bertz CT molecular complexity index is 975. The molecule has 3 aromatic rings. The van der Waals surface area contributed by atoms with Gasteiger partial charge in [0.1, 0.15) is 29.5 Å². The Kier molecular flexibility index (Phi) is 5.31. The van der Waals surface area contributed by atoms with Crippen molar-refractivity contribution >= 4 is 5.97 Å². The second kappa shape index (κ2) is 8.05. The van der Waals surface area contributed by atoms with E-state index in [2.05, 4.69) is 5.16 Å². The van der Waals surface area contributed by atoms with Crippen molar-refractivity contribution in [2.45, 2.75) is 31.5 Å². The summed E-state index contributed by atoms with van der Waals surface area (Å²) in [5.41, 5.74) is 0.949. The number of halogens is 1. The number of ether oxygens (including phenoxy) is 2. The van der Waals surface area contributed by atoms with Gasteiger partial charge in [-0.3, -0.25) is 0 Å². The van der Waals surface area contributed by atoms with Crippen LogP contribution in [0.1, 0.15) is 24.2 Å². The fourth-order valence-electron chi connectivity index (χ4n) is 3.40. The van der Waals surface area contributed by atoms with Crippen LogP contribution in [-0.2, 0) is 22.6 Å². The third kappa shape index (κ3) is 4.30. The molecular formula is C22H19FNO5-. The fraction of sp³-hybridized carbons (Fsp3) is 0.273. The lowest BCUT2D eigenvalue weighted by atomic mass is 9.92. The molecule has 1 aromatic heterocycles. The lowest BCUT2D eigenvalue weighted by molar-refractivity contribution is -0.325. The molecule has 7 heteroatoms. The molecule has 1 fully saturated rings. The molecule has 150 valence electrons. The molecule has 0 aliphatic carbocycles. The third-order valence-electron chi connectivity index (χ3n) is 4.97. The van der Waals surface area contributed by atoms with Crippen LogP contribution in [0.3, 0.4) is 0 Å². The van der Waals surface area contributed by atoms with E-state index in [1.165, 1.54) is 12.1 Å². The first-order chi connectivity index (χ1) is 14.0. The quantitative estimate of drug-likeness (QED) is 0.611. The highest BCUT2D eigenvalue weighted by Crippen LogP contribution is 2.30. The van der Waals surface area contributed by atoms with Crippen LogP contribution in [0.4, 0.5) is 4.39 Å². The first-order valence-electron chi connectivity index (χ1n) is 9.33. The van der Waals surface area contributed by atoms with E-state index < -0.39 is 11.6 Å². The van der Waals surface area contributed by atoms with Crippen LogP contribution in [0.15, 0.2) is 59.1 Å². The summed E-state index contributed by atoms with van der Waals surface area (Å²) in [4.78, 5) is 11.5. The Morgan fingerprint density at radius 2 is 1.93 bits per heavy atom. The summed E-state index contributed by atoms with van der Waals surface area (Å²) in [6.07, 6.45) is 1.43. The third-order valence-corrected chi connectivity index (χ3v) is 4.97. The van der Waals surface area contributed by atoms with Crippen molar-refractivity contribution in [2.75, 3.05) is 6.61 Å². The minimum atomic E-state index is -1.24. The zero-order valence-electron chi connectivity index (χ0n) is 15.6. The molecule has 0 radical (unpaired) electrons. The van der Waals surface area contributed by atoms with Crippen LogP contribution in [-0.4, -0.2) is 23.3 Å². The number of hydrogen-bond donors (Lipinski definition) is 0. The monoisotopic (exact) mass is 396 g/mol. The number of carboxylic acids is 1. The molecule has 0 bridgehead atoms. The van der Waals surface area contributed by atoms with Crippen molar-refractivity contribution in [3.05, 3.63) is 71.7 Å². The van der Waals surface area contributed by atoms with E-state index in [0.29, 0.717) is 36.7 Å². The van der Waals surface area contributed by atoms with Gasteiger partial charge in [0.2, 0.25) is 0 Å². The van der Waals surface area contributed by atoms with Crippen LogP contribution >= 0.6 is 0 Å². The standard InChI is InChI=1S/C22H20FNO5/c23-17-6-4-16(5-7-17)20-12-19(29-24-20)14-27-18-8-2-15(3-9-18)13-22(21(25)26)10-1-11-28-22/h2-9,12H,1,10-11,13-14H2,(H,25,26)/p-1/t22-/m0/s1. The Balaban J connectivity index is 1.36. The van der Waals surface area contributed by atoms with E-state index in [1.54, 1.807) is 30.3 Å². The molecule has 2 aromatic carbocycles. The lowest BCUT2D eigenvalue weighted by Crippen LogP contribution is -2.49. The Hall–Kier alpha value is -3.19. The molecule has 2 heterocycles. The normalized spacial score (nSPS) is 18.7. The average molecular weight is 396 g/mol. The van der Waals surface area contributed by atoms with Crippen molar-refractivity contribution in [1.82, 2.24) is 5.16 Å². The SMILES string of the molecule is O=C([O-])[C@@]1(Cc2ccc(OCc3cc(-c4ccc(F)cc4)no3)cc2)CCCO1. The number of carbonyl (C=O) groups is 1. The van der Waals surface area contributed by atoms with Crippen LogP contribution in [0, 0.1) is 5.82 Å². The van der Waals surface area contributed by atoms with Crippen LogP contribution in [0.25, 0.3) is 11.3 Å². The number of aromatic nitrogens is 1. The Labute approximate surface area is 166 Å².